The van der Waals surface area contributed by atoms with Crippen LogP contribution >= 0.6 is 11.8 Å². The van der Waals surface area contributed by atoms with Crippen LogP contribution in [0.1, 0.15) is 46.1 Å². The highest BCUT2D eigenvalue weighted by Gasteiger charge is 2.38. The highest BCUT2D eigenvalue weighted by molar-refractivity contribution is 8.18. The summed E-state index contributed by atoms with van der Waals surface area (Å²) < 4.78 is 44.4. The predicted octanol–water partition coefficient (Wildman–Crippen LogP) is 8.20. The van der Waals surface area contributed by atoms with Crippen LogP contribution in [0.2, 0.25) is 0 Å². The van der Waals surface area contributed by atoms with Gasteiger partial charge in [-0.15, -0.1) is 5.10 Å². The molecule has 0 radical (unpaired) electrons. The number of aliphatic hydroxyl groups excluding tert-OH is 1. The largest absolute Gasteiger partial charge is 0.506 e. The van der Waals surface area contributed by atoms with Crippen LogP contribution in [0.3, 0.4) is 0 Å². The lowest BCUT2D eigenvalue weighted by Crippen LogP contribution is -2.25. The van der Waals surface area contributed by atoms with Gasteiger partial charge in [-0.25, -0.2) is 24.2 Å². The molecule has 5 amide bonds. The molecule has 27 heteroatoms. The van der Waals surface area contributed by atoms with Gasteiger partial charge < -0.3 is 62.0 Å². The number of anilines is 4. The minimum absolute atomic E-state index is 0.0142. The molecule has 3 aliphatic heterocycles. The van der Waals surface area contributed by atoms with Crippen molar-refractivity contribution >= 4 is 92.9 Å². The number of thioether (sulfide) groups is 1. The summed E-state index contributed by atoms with van der Waals surface area (Å²) in [4.78, 5) is 75.6. The van der Waals surface area contributed by atoms with E-state index in [1.165, 1.54) is 24.3 Å². The summed E-state index contributed by atoms with van der Waals surface area (Å²) in [7, 11) is 0. The second-order valence-corrected chi connectivity index (χ2v) is 18.7. The van der Waals surface area contributed by atoms with Crippen LogP contribution in [0.25, 0.3) is 6.08 Å². The van der Waals surface area contributed by atoms with Crippen molar-refractivity contribution in [1.82, 2.24) is 30.9 Å². The van der Waals surface area contributed by atoms with E-state index in [0.717, 1.165) is 47.6 Å². The lowest BCUT2D eigenvalue weighted by atomic mass is 10.1. The Bertz CT molecular complexity index is 3400. The molecule has 0 atom stereocenters. The number of hydrogen-bond acceptors (Lipinski definition) is 17. The van der Waals surface area contributed by atoms with E-state index >= 15 is 0 Å². The number of alkyl halides is 3. The van der Waals surface area contributed by atoms with Crippen LogP contribution in [-0.2, 0) is 27.4 Å². The highest BCUT2D eigenvalue weighted by atomic mass is 32.2. The quantitative estimate of drug-likeness (QED) is 0.0286. The number of aliphatic imine (C=N–C) groups is 3. The molecule has 0 unspecified atom stereocenters. The number of nitrogens with one attached hydrogen (secondary N) is 7. The molecule has 0 saturated heterocycles. The molecule has 0 aliphatic carbocycles. The summed E-state index contributed by atoms with van der Waals surface area (Å²) in [5.74, 6) is -2.52. The van der Waals surface area contributed by atoms with Crippen LogP contribution < -0.4 is 42.0 Å². The summed E-state index contributed by atoms with van der Waals surface area (Å²) >= 11 is 1.11. The van der Waals surface area contributed by atoms with E-state index in [9.17, 15) is 42.6 Å². The number of aromatic nitrogens is 3. The van der Waals surface area contributed by atoms with E-state index in [-0.39, 0.29) is 59.5 Å². The third-order valence-corrected chi connectivity index (χ3v) is 12.6. The number of benzene rings is 5. The first-order valence-electron chi connectivity index (χ1n) is 25.1. The van der Waals surface area contributed by atoms with Crippen molar-refractivity contribution in [2.24, 2.45) is 15.0 Å². The number of carbonyl (C=O) groups excluding carboxylic acids is 4. The van der Waals surface area contributed by atoms with Crippen molar-refractivity contribution < 1.29 is 61.9 Å². The second kappa shape index (κ2) is 27.1. The number of carboxylic acids is 1. The molecular weight excluding hydrogens is 1090 g/mol. The number of amides is 5. The van der Waals surface area contributed by atoms with Gasteiger partial charge >= 0.3 is 30.2 Å². The first-order chi connectivity index (χ1) is 39.5. The number of halogens is 3. The standard InChI is InChI=1S/C53H51N13O8S.C2HF3O2/c1-2-73-51(70)45-46(68)44(75-50(45)59-36-7-4-3-5-8-36)26-32-9-18-43(42(67)25-32)74-24-6-23-66-31-41(64-65-66)30-58-49(69)35-27-39(62-52(71)60-37-14-10-33(11-15-37)47-54-19-20-55-47)29-40(28-35)63-53(72)61-38-16-12-34(13-17-38)48-56-21-22-57-48;3-2(4,5)1(6)7/h3-5,7-18,25-29,31,67-68H,2,6,19-24,30H2,1H3,(H,54,55)(H,56,57)(H,58,69)(H2,60,62,71)(H2,61,63,72);(H,6,7)/b44-26-,59-50?;. The summed E-state index contributed by atoms with van der Waals surface area (Å²) in [5, 5.41) is 58.1. The number of phenols is 1. The Hall–Kier alpha value is -10.2. The Morgan fingerprint density at radius 3 is 1.90 bits per heavy atom. The number of nitrogens with zero attached hydrogens (tertiary/aromatic N) is 6. The monoisotopic (exact) mass is 1140 g/mol. The van der Waals surface area contributed by atoms with Crippen molar-refractivity contribution in [2.45, 2.75) is 32.6 Å². The first kappa shape index (κ1) is 58.0. The zero-order valence-corrected chi connectivity index (χ0v) is 44.2. The Balaban J connectivity index is 0.00000118. The molecular formula is C55H52F3N13O10S. The van der Waals surface area contributed by atoms with E-state index in [4.69, 9.17) is 19.4 Å². The number of urea groups is 2. The summed E-state index contributed by atoms with van der Waals surface area (Å²) in [5.41, 5.74) is 5.04. The van der Waals surface area contributed by atoms with Gasteiger partial charge in [0.25, 0.3) is 5.91 Å². The van der Waals surface area contributed by atoms with E-state index in [2.05, 4.69) is 62.5 Å². The molecule has 0 spiro atoms. The molecule has 0 fully saturated rings. The zero-order valence-electron chi connectivity index (χ0n) is 43.4. The molecule has 5 aromatic carbocycles. The van der Waals surface area contributed by atoms with E-state index in [0.29, 0.717) is 64.3 Å². The van der Waals surface area contributed by atoms with Crippen molar-refractivity contribution in [3.63, 3.8) is 0 Å². The topological polar surface area (TPSA) is 316 Å². The molecule has 0 saturated carbocycles. The number of ether oxygens (including phenoxy) is 2. The van der Waals surface area contributed by atoms with E-state index in [1.54, 1.807) is 72.4 Å². The van der Waals surface area contributed by atoms with Gasteiger partial charge in [0, 0.05) is 65.5 Å². The minimum Gasteiger partial charge on any atom is -0.506 e. The first-order valence-corrected chi connectivity index (χ1v) is 26.0. The smallest absolute Gasteiger partial charge is 0.490 e. The number of aliphatic carboxylic acids is 1. The number of aromatic hydroxyl groups is 1. The van der Waals surface area contributed by atoms with Gasteiger partial charge in [0.05, 0.1) is 49.6 Å². The van der Waals surface area contributed by atoms with E-state index in [1.807, 2.05) is 42.5 Å². The average molecular weight is 1140 g/mol. The maximum absolute atomic E-state index is 13.7. The molecule has 424 valence electrons. The fourth-order valence-corrected chi connectivity index (χ4v) is 8.85. The summed E-state index contributed by atoms with van der Waals surface area (Å²) in [6.45, 7) is 5.39. The maximum Gasteiger partial charge on any atom is 0.490 e. The number of aliphatic hydroxyl groups is 1. The number of phenolic OH excluding ortho intramolecular Hbond substituents is 1. The van der Waals surface area contributed by atoms with Gasteiger partial charge in [0.15, 0.2) is 11.5 Å². The fraction of sp³-hybridized carbons (Fsp3) is 0.200. The molecule has 1 aromatic heterocycles. The van der Waals surface area contributed by atoms with Crippen LogP contribution in [0, 0.1) is 0 Å². The molecule has 10 N–H and O–H groups in total. The highest BCUT2D eigenvalue weighted by Crippen LogP contribution is 2.41. The fourth-order valence-electron chi connectivity index (χ4n) is 7.81. The number of hydrogen-bond donors (Lipinski definition) is 10. The summed E-state index contributed by atoms with van der Waals surface area (Å²) in [6, 6.07) is 31.6. The normalized spacial score (nSPS) is 14.6. The van der Waals surface area contributed by atoms with E-state index < -0.39 is 36.1 Å². The molecule has 0 bridgehead atoms. The number of para-hydroxylation sites is 1. The van der Waals surface area contributed by atoms with Gasteiger partial charge in [-0.1, -0.05) is 41.2 Å². The number of esters is 1. The van der Waals surface area contributed by atoms with Gasteiger partial charge in [0.1, 0.15) is 33.7 Å². The SMILES string of the molecule is CCOC(=O)C1=C(O)/C(=C/c2ccc(OCCCn3cc(CNC(=O)c4cc(NC(=O)Nc5ccc(C6=NCCN6)cc5)cc(NC(=O)Nc5ccc(C6=NCCN6)cc5)c4)nn3)c(O)c2)SC1=Nc1ccccc1.O=C(O)C(F)(F)F. The summed E-state index contributed by atoms with van der Waals surface area (Å²) in [6.07, 6.45) is -1.28. The van der Waals surface area contributed by atoms with Crippen LogP contribution in [-0.4, -0.2) is 123 Å². The lowest BCUT2D eigenvalue weighted by molar-refractivity contribution is -0.192. The molecule has 23 nitrogen and oxygen atoms in total. The zero-order chi connectivity index (χ0) is 58.2. The number of carboxylic acid groups (broad SMARTS) is 1. The van der Waals surface area contributed by atoms with Crippen molar-refractivity contribution in [1.29, 1.82) is 0 Å². The molecule has 82 heavy (non-hydrogen) atoms. The van der Waals surface area contributed by atoms with Crippen LogP contribution in [0.4, 0.5) is 51.2 Å². The van der Waals surface area contributed by atoms with Crippen molar-refractivity contribution in [2.75, 3.05) is 60.7 Å². The Morgan fingerprint density at radius 1 is 0.780 bits per heavy atom. The van der Waals surface area contributed by atoms with Crippen LogP contribution in [0.15, 0.2) is 153 Å². The Morgan fingerprint density at radius 2 is 1.37 bits per heavy atom. The van der Waals surface area contributed by atoms with Gasteiger partial charge in [-0.3, -0.25) is 19.5 Å². The number of carbonyl (C=O) groups is 5. The van der Waals surface area contributed by atoms with Gasteiger partial charge in [-0.2, -0.15) is 13.2 Å². The van der Waals surface area contributed by atoms with Gasteiger partial charge in [-0.05, 0) is 110 Å². The number of rotatable bonds is 18. The lowest BCUT2D eigenvalue weighted by Gasteiger charge is -2.14. The number of aryl methyl sites for hydroxylation is 1. The average Bonchev–Trinajstić information content (AvgIpc) is 4.43. The molecule has 9 rings (SSSR count). The molecule has 6 aromatic rings. The van der Waals surface area contributed by atoms with Crippen molar-refractivity contribution in [3.05, 3.63) is 166 Å². The van der Waals surface area contributed by atoms with Gasteiger partial charge in [0.2, 0.25) is 0 Å². The second-order valence-electron chi connectivity index (χ2n) is 17.6. The molecule has 4 heterocycles. The number of amidine groups is 2. The predicted molar refractivity (Wildman–Crippen MR) is 302 cm³/mol. The third-order valence-electron chi connectivity index (χ3n) is 11.6. The Labute approximate surface area is 469 Å². The third kappa shape index (κ3) is 16.2. The molecule has 3 aliphatic rings. The maximum atomic E-state index is 13.7. The minimum atomic E-state index is -5.08. The van der Waals surface area contributed by atoms with Crippen molar-refractivity contribution in [3.8, 4) is 11.5 Å². The van der Waals surface area contributed by atoms with Crippen LogP contribution in [0.5, 0.6) is 11.5 Å². The Kier molecular flexibility index (Phi) is 19.2.